The number of nitrogens with zero attached hydrogens (tertiary/aromatic N) is 3. The number of rotatable bonds is 4. The van der Waals surface area contributed by atoms with E-state index < -0.39 is 6.10 Å². The van der Waals surface area contributed by atoms with E-state index in [2.05, 4.69) is 39.6 Å². The molecule has 2 aliphatic heterocycles. The van der Waals surface area contributed by atoms with E-state index in [-0.39, 0.29) is 0 Å². The summed E-state index contributed by atoms with van der Waals surface area (Å²) >= 11 is 0. The maximum atomic E-state index is 11.0. The summed E-state index contributed by atoms with van der Waals surface area (Å²) in [6.45, 7) is 5.04. The van der Waals surface area contributed by atoms with Gasteiger partial charge in [0, 0.05) is 47.9 Å². The molecule has 0 saturated carbocycles. The standard InChI is InChI=1S/C23H27N3O2/c1-15-5-6-18-17(12-15)23-19-4-3-10-25(19)11-8-20(23)26(18)14-21(27)16-7-9-24-22(13-16)28-2/h5-7,9,12-13,19,21,27H,3-4,8,10-11,14H2,1-2H3. The Labute approximate surface area is 165 Å². The molecule has 5 nitrogen and oxygen atoms in total. The van der Waals surface area contributed by atoms with Gasteiger partial charge in [-0.3, -0.25) is 4.90 Å². The van der Waals surface area contributed by atoms with Crippen LogP contribution >= 0.6 is 0 Å². The van der Waals surface area contributed by atoms with Crippen LogP contribution < -0.4 is 4.74 Å². The predicted molar refractivity (Wildman–Crippen MR) is 110 cm³/mol. The molecule has 0 bridgehead atoms. The molecule has 2 aromatic heterocycles. The largest absolute Gasteiger partial charge is 0.481 e. The lowest BCUT2D eigenvalue weighted by Gasteiger charge is -2.31. The number of fused-ring (bicyclic) bond motifs is 5. The van der Waals surface area contributed by atoms with Gasteiger partial charge in [0.25, 0.3) is 0 Å². The lowest BCUT2D eigenvalue weighted by molar-refractivity contribution is 0.154. The Morgan fingerprint density at radius 1 is 1.25 bits per heavy atom. The molecular weight excluding hydrogens is 350 g/mol. The smallest absolute Gasteiger partial charge is 0.213 e. The third-order valence-corrected chi connectivity index (χ3v) is 6.41. The first-order valence-corrected chi connectivity index (χ1v) is 10.2. The number of aliphatic hydroxyl groups excluding tert-OH is 1. The Morgan fingerprint density at radius 3 is 3.00 bits per heavy atom. The minimum absolute atomic E-state index is 0.535. The van der Waals surface area contributed by atoms with E-state index in [4.69, 9.17) is 4.74 Å². The van der Waals surface area contributed by atoms with Gasteiger partial charge in [0.2, 0.25) is 5.88 Å². The molecule has 2 unspecified atom stereocenters. The second-order valence-electron chi connectivity index (χ2n) is 8.08. The Kier molecular flexibility index (Phi) is 4.37. The average molecular weight is 377 g/mol. The summed E-state index contributed by atoms with van der Waals surface area (Å²) in [5, 5.41) is 12.4. The van der Waals surface area contributed by atoms with Crippen LogP contribution in [0.3, 0.4) is 0 Å². The molecule has 5 rings (SSSR count). The van der Waals surface area contributed by atoms with Crippen molar-refractivity contribution in [3.8, 4) is 5.88 Å². The molecule has 0 amide bonds. The molecule has 1 fully saturated rings. The van der Waals surface area contributed by atoms with E-state index in [1.54, 1.807) is 13.3 Å². The number of aliphatic hydroxyl groups is 1. The van der Waals surface area contributed by atoms with Crippen LogP contribution in [0, 0.1) is 6.92 Å². The van der Waals surface area contributed by atoms with Crippen molar-refractivity contribution in [1.82, 2.24) is 14.5 Å². The highest BCUT2D eigenvalue weighted by Gasteiger charge is 2.35. The molecule has 2 aliphatic rings. The number of methoxy groups -OCH3 is 1. The number of ether oxygens (including phenoxy) is 1. The maximum Gasteiger partial charge on any atom is 0.213 e. The topological polar surface area (TPSA) is 50.5 Å². The van der Waals surface area contributed by atoms with Crippen LogP contribution in [0.5, 0.6) is 5.88 Å². The Hall–Kier alpha value is -2.37. The quantitative estimate of drug-likeness (QED) is 0.752. The summed E-state index contributed by atoms with van der Waals surface area (Å²) < 4.78 is 7.59. The summed E-state index contributed by atoms with van der Waals surface area (Å²) in [6.07, 6.45) is 4.66. The highest BCUT2D eigenvalue weighted by molar-refractivity contribution is 5.87. The van der Waals surface area contributed by atoms with Gasteiger partial charge in [-0.15, -0.1) is 0 Å². The zero-order valence-electron chi connectivity index (χ0n) is 16.6. The van der Waals surface area contributed by atoms with Crippen LogP contribution in [-0.2, 0) is 13.0 Å². The van der Waals surface area contributed by atoms with Crippen LogP contribution in [0.2, 0.25) is 0 Å². The van der Waals surface area contributed by atoms with E-state index >= 15 is 0 Å². The molecule has 1 aromatic carbocycles. The molecule has 0 radical (unpaired) electrons. The first-order valence-electron chi connectivity index (χ1n) is 10.2. The van der Waals surface area contributed by atoms with Gasteiger partial charge in [0.05, 0.1) is 19.8 Å². The summed E-state index contributed by atoms with van der Waals surface area (Å²) in [7, 11) is 1.60. The van der Waals surface area contributed by atoms with Crippen molar-refractivity contribution in [1.29, 1.82) is 0 Å². The Bertz CT molecular complexity index is 1030. The Morgan fingerprint density at radius 2 is 2.14 bits per heavy atom. The predicted octanol–water partition coefficient (Wildman–Crippen LogP) is 3.78. The van der Waals surface area contributed by atoms with Crippen LogP contribution in [0.25, 0.3) is 10.9 Å². The number of pyridine rings is 1. The second kappa shape index (κ2) is 6.90. The normalized spacial score (nSPS) is 20.2. The van der Waals surface area contributed by atoms with Crippen LogP contribution in [0.1, 0.15) is 47.4 Å². The average Bonchev–Trinajstić information content (AvgIpc) is 3.30. The van der Waals surface area contributed by atoms with Gasteiger partial charge in [-0.2, -0.15) is 0 Å². The minimum atomic E-state index is -0.598. The molecule has 146 valence electrons. The zero-order valence-corrected chi connectivity index (χ0v) is 16.6. The first-order chi connectivity index (χ1) is 13.7. The molecule has 4 heterocycles. The molecule has 2 atom stereocenters. The van der Waals surface area contributed by atoms with Gasteiger partial charge in [-0.1, -0.05) is 11.6 Å². The van der Waals surface area contributed by atoms with Gasteiger partial charge < -0.3 is 14.4 Å². The first kappa shape index (κ1) is 17.7. The maximum absolute atomic E-state index is 11.0. The summed E-state index contributed by atoms with van der Waals surface area (Å²) in [6, 6.07) is 11.0. The minimum Gasteiger partial charge on any atom is -0.481 e. The molecule has 1 saturated heterocycles. The van der Waals surface area contributed by atoms with Gasteiger partial charge >= 0.3 is 0 Å². The molecule has 0 aliphatic carbocycles. The van der Waals surface area contributed by atoms with Gasteiger partial charge in [0.15, 0.2) is 0 Å². The van der Waals surface area contributed by atoms with E-state index in [0.29, 0.717) is 18.5 Å². The number of hydrogen-bond acceptors (Lipinski definition) is 4. The molecule has 3 aromatic rings. The van der Waals surface area contributed by atoms with Crippen molar-refractivity contribution in [2.75, 3.05) is 20.2 Å². The fourth-order valence-electron chi connectivity index (χ4n) is 5.09. The van der Waals surface area contributed by atoms with Gasteiger partial charge in [-0.05, 0) is 55.6 Å². The lowest BCUT2D eigenvalue weighted by atomic mass is 9.95. The Balaban J connectivity index is 1.59. The van der Waals surface area contributed by atoms with E-state index in [0.717, 1.165) is 18.5 Å². The van der Waals surface area contributed by atoms with Crippen molar-refractivity contribution in [2.24, 2.45) is 0 Å². The van der Waals surface area contributed by atoms with Crippen molar-refractivity contribution in [3.05, 3.63) is 58.9 Å². The molecule has 1 N–H and O–H groups in total. The monoisotopic (exact) mass is 377 g/mol. The van der Waals surface area contributed by atoms with E-state index in [1.165, 1.54) is 47.1 Å². The lowest BCUT2D eigenvalue weighted by Crippen LogP contribution is -2.31. The highest BCUT2D eigenvalue weighted by Crippen LogP contribution is 2.43. The number of aromatic nitrogens is 2. The fourth-order valence-corrected chi connectivity index (χ4v) is 5.09. The molecule has 5 heteroatoms. The van der Waals surface area contributed by atoms with Gasteiger partial charge in [-0.25, -0.2) is 4.98 Å². The van der Waals surface area contributed by atoms with Gasteiger partial charge in [0.1, 0.15) is 0 Å². The van der Waals surface area contributed by atoms with Crippen molar-refractivity contribution in [3.63, 3.8) is 0 Å². The second-order valence-corrected chi connectivity index (χ2v) is 8.08. The van der Waals surface area contributed by atoms with E-state index in [1.807, 2.05) is 12.1 Å². The molecular formula is C23H27N3O2. The van der Waals surface area contributed by atoms with Crippen molar-refractivity contribution < 1.29 is 9.84 Å². The SMILES string of the molecule is COc1cc(C(O)Cn2c3c(c4cc(C)ccc42)C2CCCN2CC3)ccn1. The number of aryl methyl sites for hydroxylation is 1. The zero-order chi connectivity index (χ0) is 19.3. The third kappa shape index (κ3) is 2.81. The highest BCUT2D eigenvalue weighted by atomic mass is 16.5. The number of hydrogen-bond donors (Lipinski definition) is 1. The summed E-state index contributed by atoms with van der Waals surface area (Å²) in [5.41, 5.74) is 6.28. The number of benzene rings is 1. The summed E-state index contributed by atoms with van der Waals surface area (Å²) in [5.74, 6) is 0.535. The fraction of sp³-hybridized carbons (Fsp3) is 0.435. The molecule has 0 spiro atoms. The van der Waals surface area contributed by atoms with Crippen molar-refractivity contribution >= 4 is 10.9 Å². The van der Waals surface area contributed by atoms with Crippen molar-refractivity contribution in [2.45, 2.75) is 44.9 Å². The van der Waals surface area contributed by atoms with Crippen LogP contribution in [0.4, 0.5) is 0 Å². The third-order valence-electron chi connectivity index (χ3n) is 6.41. The van der Waals surface area contributed by atoms with Crippen LogP contribution in [-0.4, -0.2) is 39.8 Å². The van der Waals surface area contributed by atoms with Crippen LogP contribution in [0.15, 0.2) is 36.5 Å². The van der Waals surface area contributed by atoms with E-state index in [9.17, 15) is 5.11 Å². The summed E-state index contributed by atoms with van der Waals surface area (Å²) in [4.78, 5) is 6.80. The molecule has 28 heavy (non-hydrogen) atoms.